The molecule has 0 aliphatic heterocycles. The summed E-state index contributed by atoms with van der Waals surface area (Å²) in [6.07, 6.45) is 2.92. The van der Waals surface area contributed by atoms with E-state index in [-0.39, 0.29) is 11.6 Å². The molecule has 1 heterocycles. The van der Waals surface area contributed by atoms with E-state index >= 15 is 0 Å². The molecular weight excluding hydrogens is 244 g/mol. The van der Waals surface area contributed by atoms with E-state index in [1.54, 1.807) is 38.4 Å². The summed E-state index contributed by atoms with van der Waals surface area (Å²) in [4.78, 5) is 20.0. The van der Waals surface area contributed by atoms with Gasteiger partial charge in [0.15, 0.2) is 0 Å². The van der Waals surface area contributed by atoms with Gasteiger partial charge in [0.1, 0.15) is 17.3 Å². The Hall–Kier alpha value is -2.63. The highest BCUT2D eigenvalue weighted by Gasteiger charge is 2.08. The predicted molar refractivity (Wildman–Crippen MR) is 72.5 cm³/mol. The van der Waals surface area contributed by atoms with Crippen LogP contribution in [0.15, 0.2) is 36.7 Å². The van der Waals surface area contributed by atoms with Crippen LogP contribution in [0.1, 0.15) is 10.5 Å². The van der Waals surface area contributed by atoms with Gasteiger partial charge >= 0.3 is 0 Å². The fraction of sp³-hybridized carbons (Fsp3) is 0.154. The smallest absolute Gasteiger partial charge is 0.275 e. The zero-order chi connectivity index (χ0) is 13.7. The Morgan fingerprint density at radius 1 is 1.16 bits per heavy atom. The first-order valence-electron chi connectivity index (χ1n) is 5.68. The van der Waals surface area contributed by atoms with E-state index in [2.05, 4.69) is 20.6 Å². The third kappa shape index (κ3) is 3.19. The maximum absolute atomic E-state index is 11.9. The third-order valence-electron chi connectivity index (χ3n) is 2.49. The molecule has 6 nitrogen and oxygen atoms in total. The van der Waals surface area contributed by atoms with Crippen LogP contribution < -0.4 is 15.4 Å². The van der Waals surface area contributed by atoms with E-state index in [1.807, 2.05) is 0 Å². The number of carbonyl (C=O) groups is 1. The maximum atomic E-state index is 11.9. The number of methoxy groups -OCH3 is 1. The van der Waals surface area contributed by atoms with Crippen LogP contribution in [-0.4, -0.2) is 30.0 Å². The molecule has 2 N–H and O–H groups in total. The molecule has 1 aromatic carbocycles. The van der Waals surface area contributed by atoms with Crippen molar-refractivity contribution in [1.29, 1.82) is 0 Å². The summed E-state index contributed by atoms with van der Waals surface area (Å²) in [5.41, 5.74) is 0.931. The molecule has 6 heteroatoms. The van der Waals surface area contributed by atoms with Crippen molar-refractivity contribution in [2.75, 3.05) is 24.8 Å². The van der Waals surface area contributed by atoms with Crippen LogP contribution in [0.5, 0.6) is 5.75 Å². The molecule has 0 bridgehead atoms. The zero-order valence-electron chi connectivity index (χ0n) is 10.7. The number of benzene rings is 1. The second-order valence-corrected chi connectivity index (χ2v) is 3.72. The highest BCUT2D eigenvalue weighted by Crippen LogP contribution is 2.15. The average molecular weight is 258 g/mol. The number of aromatic nitrogens is 2. The van der Waals surface area contributed by atoms with E-state index in [0.29, 0.717) is 11.5 Å². The molecule has 0 saturated carbocycles. The molecule has 0 saturated heterocycles. The molecule has 0 spiro atoms. The van der Waals surface area contributed by atoms with Crippen LogP contribution in [0, 0.1) is 0 Å². The van der Waals surface area contributed by atoms with Gasteiger partial charge in [-0.25, -0.2) is 9.97 Å². The number of nitrogens with zero attached hydrogens (tertiary/aromatic N) is 2. The topological polar surface area (TPSA) is 76.1 Å². The minimum Gasteiger partial charge on any atom is -0.497 e. The normalized spacial score (nSPS) is 9.79. The molecule has 0 radical (unpaired) electrons. The summed E-state index contributed by atoms with van der Waals surface area (Å²) in [6, 6.07) is 7.05. The Kier molecular flexibility index (Phi) is 3.92. The number of hydrogen-bond donors (Lipinski definition) is 2. The molecule has 0 unspecified atom stereocenters. The van der Waals surface area contributed by atoms with Gasteiger partial charge in [0.2, 0.25) is 0 Å². The van der Waals surface area contributed by atoms with Crippen LogP contribution in [0.2, 0.25) is 0 Å². The number of nitrogens with one attached hydrogen (secondary N) is 2. The molecule has 0 aliphatic rings. The second-order valence-electron chi connectivity index (χ2n) is 3.72. The van der Waals surface area contributed by atoms with Crippen LogP contribution >= 0.6 is 0 Å². The van der Waals surface area contributed by atoms with Crippen LogP contribution in [0.25, 0.3) is 0 Å². The van der Waals surface area contributed by atoms with Crippen molar-refractivity contribution in [1.82, 2.24) is 9.97 Å². The number of rotatable bonds is 4. The van der Waals surface area contributed by atoms with E-state index in [1.165, 1.54) is 12.4 Å². The number of amides is 1. The first-order chi connectivity index (χ1) is 9.22. The molecule has 0 atom stereocenters. The van der Waals surface area contributed by atoms with Gasteiger partial charge < -0.3 is 15.4 Å². The Balaban J connectivity index is 2.06. The van der Waals surface area contributed by atoms with Gasteiger partial charge in [-0.05, 0) is 24.3 Å². The van der Waals surface area contributed by atoms with Gasteiger partial charge in [0.25, 0.3) is 5.91 Å². The van der Waals surface area contributed by atoms with Crippen molar-refractivity contribution >= 4 is 17.4 Å². The van der Waals surface area contributed by atoms with Gasteiger partial charge in [-0.3, -0.25) is 4.79 Å². The lowest BCUT2D eigenvalue weighted by Gasteiger charge is -2.06. The number of hydrogen-bond acceptors (Lipinski definition) is 5. The number of anilines is 2. The zero-order valence-corrected chi connectivity index (χ0v) is 10.7. The molecule has 19 heavy (non-hydrogen) atoms. The molecule has 2 aromatic rings. The van der Waals surface area contributed by atoms with Crippen molar-refractivity contribution in [3.05, 3.63) is 42.4 Å². The van der Waals surface area contributed by atoms with Gasteiger partial charge in [0, 0.05) is 12.7 Å². The number of carbonyl (C=O) groups excluding carboxylic acids is 1. The predicted octanol–water partition coefficient (Wildman–Crippen LogP) is 1.78. The minimum absolute atomic E-state index is 0.259. The lowest BCUT2D eigenvalue weighted by atomic mass is 10.3. The minimum atomic E-state index is -0.305. The quantitative estimate of drug-likeness (QED) is 0.874. The highest BCUT2D eigenvalue weighted by molar-refractivity contribution is 6.02. The van der Waals surface area contributed by atoms with Crippen LogP contribution in [0.3, 0.4) is 0 Å². The average Bonchev–Trinajstić information content (AvgIpc) is 2.48. The fourth-order valence-corrected chi connectivity index (χ4v) is 1.44. The van der Waals surface area contributed by atoms with E-state index in [4.69, 9.17) is 4.74 Å². The van der Waals surface area contributed by atoms with E-state index < -0.39 is 0 Å². The molecule has 1 aromatic heterocycles. The molecule has 0 aliphatic carbocycles. The lowest BCUT2D eigenvalue weighted by molar-refractivity contribution is 0.102. The van der Waals surface area contributed by atoms with Crippen LogP contribution in [-0.2, 0) is 0 Å². The maximum Gasteiger partial charge on any atom is 0.275 e. The summed E-state index contributed by atoms with van der Waals surface area (Å²) < 4.78 is 5.04. The molecular formula is C13H14N4O2. The van der Waals surface area contributed by atoms with E-state index in [9.17, 15) is 4.79 Å². The largest absolute Gasteiger partial charge is 0.497 e. The molecule has 98 valence electrons. The lowest BCUT2D eigenvalue weighted by Crippen LogP contribution is -2.14. The van der Waals surface area contributed by atoms with Gasteiger partial charge in [-0.2, -0.15) is 0 Å². The van der Waals surface area contributed by atoms with Crippen molar-refractivity contribution in [2.24, 2.45) is 0 Å². The Morgan fingerprint density at radius 2 is 1.89 bits per heavy atom. The summed E-state index contributed by atoms with van der Waals surface area (Å²) in [5.74, 6) is 1.04. The Morgan fingerprint density at radius 3 is 2.42 bits per heavy atom. The van der Waals surface area contributed by atoms with Crippen LogP contribution in [0.4, 0.5) is 11.5 Å². The SMILES string of the molecule is CNc1cnc(C(=O)Nc2ccc(OC)cc2)cn1. The number of ether oxygens (including phenoxy) is 1. The van der Waals surface area contributed by atoms with Gasteiger partial charge in [-0.1, -0.05) is 0 Å². The van der Waals surface area contributed by atoms with Crippen molar-refractivity contribution in [3.63, 3.8) is 0 Å². The second kappa shape index (κ2) is 5.81. The van der Waals surface area contributed by atoms with E-state index in [0.717, 1.165) is 5.75 Å². The molecule has 2 rings (SSSR count). The standard InChI is InChI=1S/C13H14N4O2/c1-14-12-8-15-11(7-16-12)13(18)17-9-3-5-10(19-2)6-4-9/h3-8H,1-2H3,(H,14,16)(H,17,18). The van der Waals surface area contributed by atoms with Crippen molar-refractivity contribution in [3.8, 4) is 5.75 Å². The third-order valence-corrected chi connectivity index (χ3v) is 2.49. The van der Waals surface area contributed by atoms with Gasteiger partial charge in [0.05, 0.1) is 19.5 Å². The molecule has 0 fully saturated rings. The van der Waals surface area contributed by atoms with Crippen molar-refractivity contribution < 1.29 is 9.53 Å². The van der Waals surface area contributed by atoms with Gasteiger partial charge in [-0.15, -0.1) is 0 Å². The monoisotopic (exact) mass is 258 g/mol. The first kappa shape index (κ1) is 12.8. The fourth-order valence-electron chi connectivity index (χ4n) is 1.44. The summed E-state index contributed by atoms with van der Waals surface area (Å²) in [6.45, 7) is 0. The highest BCUT2D eigenvalue weighted by atomic mass is 16.5. The molecule has 1 amide bonds. The van der Waals surface area contributed by atoms with Crippen molar-refractivity contribution in [2.45, 2.75) is 0 Å². The summed E-state index contributed by atoms with van der Waals surface area (Å²) in [7, 11) is 3.33. The summed E-state index contributed by atoms with van der Waals surface area (Å²) >= 11 is 0. The first-order valence-corrected chi connectivity index (χ1v) is 5.68. The Bertz CT molecular complexity index is 552. The Labute approximate surface area is 110 Å². The summed E-state index contributed by atoms with van der Waals surface area (Å²) in [5, 5.41) is 5.57.